The van der Waals surface area contributed by atoms with Crippen molar-refractivity contribution in [3.05, 3.63) is 52.6 Å². The van der Waals surface area contributed by atoms with Crippen LogP contribution in [0.5, 0.6) is 5.75 Å². The van der Waals surface area contributed by atoms with E-state index < -0.39 is 5.72 Å². The summed E-state index contributed by atoms with van der Waals surface area (Å²) in [5, 5.41) is 0. The van der Waals surface area contributed by atoms with Crippen LogP contribution in [0.25, 0.3) is 0 Å². The molecule has 2 aromatic carbocycles. The maximum atomic E-state index is 6.76. The number of para-hydroxylation sites is 1. The van der Waals surface area contributed by atoms with Crippen molar-refractivity contribution in [2.24, 2.45) is 4.99 Å². The SMILES string of the molecule is Cc1cc(C)c2c(c1C)O[C@@]1(C=N2)N(C)c2ccccc2C1(C)C. The molecular formula is C21H24N2O. The fourth-order valence-corrected chi connectivity index (χ4v) is 4.19. The van der Waals surface area contributed by atoms with Gasteiger partial charge in [0.1, 0.15) is 5.69 Å². The van der Waals surface area contributed by atoms with Crippen molar-refractivity contribution < 1.29 is 4.74 Å². The van der Waals surface area contributed by atoms with Gasteiger partial charge in [-0.3, -0.25) is 4.99 Å². The molecule has 1 spiro atoms. The van der Waals surface area contributed by atoms with Crippen LogP contribution in [0.15, 0.2) is 35.3 Å². The normalized spacial score (nSPS) is 23.2. The van der Waals surface area contributed by atoms with Crippen LogP contribution < -0.4 is 9.64 Å². The van der Waals surface area contributed by atoms with Gasteiger partial charge in [0.15, 0.2) is 5.75 Å². The molecule has 0 fully saturated rings. The van der Waals surface area contributed by atoms with E-state index in [-0.39, 0.29) is 5.41 Å². The van der Waals surface area contributed by atoms with Crippen molar-refractivity contribution in [2.75, 3.05) is 11.9 Å². The first-order valence-corrected chi connectivity index (χ1v) is 8.48. The average Bonchev–Trinajstić information content (AvgIpc) is 2.72. The summed E-state index contributed by atoms with van der Waals surface area (Å²) in [5.74, 6) is 0.919. The van der Waals surface area contributed by atoms with E-state index in [1.807, 2.05) is 6.21 Å². The molecule has 0 N–H and O–H groups in total. The van der Waals surface area contributed by atoms with Gasteiger partial charge in [0, 0.05) is 12.7 Å². The van der Waals surface area contributed by atoms with Gasteiger partial charge in [-0.25, -0.2) is 0 Å². The maximum Gasteiger partial charge on any atom is 0.228 e. The summed E-state index contributed by atoms with van der Waals surface area (Å²) in [5.41, 5.74) is 6.24. The minimum atomic E-state index is -0.602. The lowest BCUT2D eigenvalue weighted by Crippen LogP contribution is -2.61. The number of aliphatic imine (C=N–C) groups is 1. The molecule has 2 heterocycles. The predicted octanol–water partition coefficient (Wildman–Crippen LogP) is 4.83. The molecule has 0 radical (unpaired) electrons. The number of rotatable bonds is 0. The van der Waals surface area contributed by atoms with Crippen molar-refractivity contribution in [2.45, 2.75) is 45.8 Å². The van der Waals surface area contributed by atoms with E-state index >= 15 is 0 Å². The number of anilines is 1. The molecule has 3 nitrogen and oxygen atoms in total. The molecule has 0 saturated carbocycles. The van der Waals surface area contributed by atoms with Crippen molar-refractivity contribution in [3.63, 3.8) is 0 Å². The molecule has 2 aliphatic heterocycles. The Morgan fingerprint density at radius 2 is 1.75 bits per heavy atom. The highest BCUT2D eigenvalue weighted by Crippen LogP contribution is 2.54. The Morgan fingerprint density at radius 3 is 2.46 bits per heavy atom. The van der Waals surface area contributed by atoms with E-state index in [9.17, 15) is 0 Å². The van der Waals surface area contributed by atoms with Gasteiger partial charge < -0.3 is 9.64 Å². The molecule has 124 valence electrons. The fourth-order valence-electron chi connectivity index (χ4n) is 4.19. The van der Waals surface area contributed by atoms with Crippen molar-refractivity contribution in [1.82, 2.24) is 0 Å². The Kier molecular flexibility index (Phi) is 2.94. The highest BCUT2D eigenvalue weighted by molar-refractivity contribution is 5.89. The van der Waals surface area contributed by atoms with Gasteiger partial charge in [0.25, 0.3) is 0 Å². The Morgan fingerprint density at radius 1 is 1.04 bits per heavy atom. The minimum Gasteiger partial charge on any atom is -0.459 e. The maximum absolute atomic E-state index is 6.76. The van der Waals surface area contributed by atoms with E-state index in [4.69, 9.17) is 9.73 Å². The van der Waals surface area contributed by atoms with Crippen LogP contribution in [0.4, 0.5) is 11.4 Å². The van der Waals surface area contributed by atoms with E-state index in [1.54, 1.807) is 0 Å². The minimum absolute atomic E-state index is 0.205. The van der Waals surface area contributed by atoms with Crippen LogP contribution in [0, 0.1) is 20.8 Å². The molecule has 0 aromatic heterocycles. The molecular weight excluding hydrogens is 296 g/mol. The lowest BCUT2D eigenvalue weighted by molar-refractivity contribution is 0.0815. The van der Waals surface area contributed by atoms with Crippen molar-refractivity contribution in [3.8, 4) is 5.75 Å². The van der Waals surface area contributed by atoms with E-state index in [1.165, 1.54) is 22.4 Å². The quantitative estimate of drug-likeness (QED) is 0.694. The van der Waals surface area contributed by atoms with Crippen molar-refractivity contribution >= 4 is 17.6 Å². The standard InChI is InChI=1S/C21H24N2O/c1-13-11-14(2)18-19(15(13)3)24-21(12-22-18)20(4,5)16-9-7-8-10-17(16)23(21)6/h7-12H,1-6H3/t21-/m1/s1. The summed E-state index contributed by atoms with van der Waals surface area (Å²) in [6.07, 6.45) is 2.00. The fraction of sp³-hybridized carbons (Fsp3) is 0.381. The topological polar surface area (TPSA) is 24.8 Å². The zero-order valence-corrected chi connectivity index (χ0v) is 15.3. The second-order valence-electron chi connectivity index (χ2n) is 7.57. The third-order valence-corrected chi connectivity index (χ3v) is 5.91. The lowest BCUT2D eigenvalue weighted by Gasteiger charge is -2.45. The van der Waals surface area contributed by atoms with Gasteiger partial charge in [-0.05, 0) is 62.9 Å². The van der Waals surface area contributed by atoms with Gasteiger partial charge in [0.05, 0.1) is 11.6 Å². The zero-order chi connectivity index (χ0) is 17.3. The Bertz CT molecular complexity index is 882. The van der Waals surface area contributed by atoms with Crippen LogP contribution in [0.3, 0.4) is 0 Å². The predicted molar refractivity (Wildman–Crippen MR) is 100 cm³/mol. The van der Waals surface area contributed by atoms with Crippen LogP contribution in [-0.4, -0.2) is 19.0 Å². The summed E-state index contributed by atoms with van der Waals surface area (Å²) in [7, 11) is 2.10. The average molecular weight is 320 g/mol. The molecule has 24 heavy (non-hydrogen) atoms. The third kappa shape index (κ3) is 1.65. The summed E-state index contributed by atoms with van der Waals surface area (Å²) >= 11 is 0. The molecule has 2 aromatic rings. The highest BCUT2D eigenvalue weighted by Gasteiger charge is 2.58. The molecule has 3 heteroatoms. The molecule has 2 aliphatic rings. The van der Waals surface area contributed by atoms with Gasteiger partial charge in [-0.1, -0.05) is 24.3 Å². The molecule has 1 atom stereocenters. The first-order chi connectivity index (χ1) is 11.3. The van der Waals surface area contributed by atoms with Crippen LogP contribution in [0.2, 0.25) is 0 Å². The Hall–Kier alpha value is -2.29. The monoisotopic (exact) mass is 320 g/mol. The highest BCUT2D eigenvalue weighted by atomic mass is 16.5. The zero-order valence-electron chi connectivity index (χ0n) is 15.3. The first kappa shape index (κ1) is 15.3. The number of benzene rings is 2. The molecule has 0 saturated heterocycles. The molecule has 0 aliphatic carbocycles. The number of ether oxygens (including phenoxy) is 1. The second kappa shape index (κ2) is 4.62. The van der Waals surface area contributed by atoms with Crippen LogP contribution in [0.1, 0.15) is 36.1 Å². The number of aryl methyl sites for hydroxylation is 2. The van der Waals surface area contributed by atoms with Crippen molar-refractivity contribution in [1.29, 1.82) is 0 Å². The van der Waals surface area contributed by atoms with Crippen LogP contribution >= 0.6 is 0 Å². The molecule has 0 unspecified atom stereocenters. The summed E-state index contributed by atoms with van der Waals surface area (Å²) in [4.78, 5) is 7.10. The number of hydrogen-bond donors (Lipinski definition) is 0. The molecule has 0 bridgehead atoms. The Balaban J connectivity index is 1.95. The number of hydrogen-bond acceptors (Lipinski definition) is 3. The summed E-state index contributed by atoms with van der Waals surface area (Å²) < 4.78 is 6.76. The molecule has 0 amide bonds. The Labute approximate surface area is 144 Å². The van der Waals surface area contributed by atoms with E-state index in [0.29, 0.717) is 0 Å². The van der Waals surface area contributed by atoms with Gasteiger partial charge in [-0.2, -0.15) is 0 Å². The molecule has 4 rings (SSSR count). The summed E-state index contributed by atoms with van der Waals surface area (Å²) in [6.45, 7) is 10.8. The van der Waals surface area contributed by atoms with Gasteiger partial charge in [-0.15, -0.1) is 0 Å². The number of nitrogens with zero attached hydrogens (tertiary/aromatic N) is 2. The summed E-state index contributed by atoms with van der Waals surface area (Å²) in [6, 6.07) is 10.7. The van der Waals surface area contributed by atoms with E-state index in [2.05, 4.69) is 76.9 Å². The largest absolute Gasteiger partial charge is 0.459 e. The first-order valence-electron chi connectivity index (χ1n) is 8.48. The second-order valence-corrected chi connectivity index (χ2v) is 7.57. The third-order valence-electron chi connectivity index (χ3n) is 5.91. The van der Waals surface area contributed by atoms with Crippen LogP contribution in [-0.2, 0) is 5.41 Å². The number of fused-ring (bicyclic) bond motifs is 2. The van der Waals surface area contributed by atoms with Gasteiger partial charge in [0.2, 0.25) is 5.72 Å². The smallest absolute Gasteiger partial charge is 0.228 e. The number of likely N-dealkylation sites (N-methyl/N-ethyl adjacent to an activating group) is 1. The van der Waals surface area contributed by atoms with E-state index in [0.717, 1.165) is 17.0 Å². The lowest BCUT2D eigenvalue weighted by atomic mass is 9.77. The van der Waals surface area contributed by atoms with Gasteiger partial charge >= 0.3 is 0 Å².